The molecule has 0 amide bonds. The number of anilines is 2. The Morgan fingerprint density at radius 3 is 2.62 bits per heavy atom. The van der Waals surface area contributed by atoms with Gasteiger partial charge in [-0.1, -0.05) is 60.3 Å². The van der Waals surface area contributed by atoms with Gasteiger partial charge in [-0.15, -0.1) is 0 Å². The zero-order valence-electron chi connectivity index (χ0n) is 17.7. The number of nitriles is 1. The predicted octanol–water partition coefficient (Wildman–Crippen LogP) is 5.76. The fourth-order valence-corrected chi connectivity index (χ4v) is 3.56. The van der Waals surface area contributed by atoms with E-state index in [1.807, 2.05) is 79.9 Å². The van der Waals surface area contributed by atoms with Crippen LogP contribution in [0.5, 0.6) is 5.88 Å². The molecule has 0 aliphatic carbocycles. The number of pyridine rings is 1. The molecule has 0 saturated heterocycles. The molecule has 4 rings (SSSR count). The highest BCUT2D eigenvalue weighted by Gasteiger charge is 2.17. The Bertz CT molecular complexity index is 1270. The Morgan fingerprint density at radius 1 is 1.03 bits per heavy atom. The second kappa shape index (κ2) is 9.94. The van der Waals surface area contributed by atoms with Gasteiger partial charge in [-0.2, -0.15) is 10.2 Å². The van der Waals surface area contributed by atoms with E-state index in [0.29, 0.717) is 17.6 Å². The number of hydrogen-bond acceptors (Lipinski definition) is 7. The molecule has 7 heteroatoms. The summed E-state index contributed by atoms with van der Waals surface area (Å²) in [6.45, 7) is 2.34. The van der Waals surface area contributed by atoms with Crippen LogP contribution in [0.2, 0.25) is 0 Å². The van der Waals surface area contributed by atoms with Gasteiger partial charge in [0, 0.05) is 17.4 Å². The molecule has 0 atom stereocenters. The van der Waals surface area contributed by atoms with Crippen molar-refractivity contribution in [1.29, 1.82) is 5.26 Å². The molecule has 4 aromatic rings. The number of rotatable bonds is 7. The van der Waals surface area contributed by atoms with Gasteiger partial charge in [-0.25, -0.2) is 4.98 Å². The van der Waals surface area contributed by atoms with E-state index >= 15 is 0 Å². The van der Waals surface area contributed by atoms with Crippen molar-refractivity contribution in [1.82, 2.24) is 15.0 Å². The topological polar surface area (TPSA) is 83.7 Å². The summed E-state index contributed by atoms with van der Waals surface area (Å²) in [6.07, 6.45) is 3.67. The second-order valence-corrected chi connectivity index (χ2v) is 7.77. The third kappa shape index (κ3) is 4.88. The number of thioether (sulfide) groups is 1. The van der Waals surface area contributed by atoms with Crippen molar-refractivity contribution in [2.45, 2.75) is 18.7 Å². The summed E-state index contributed by atoms with van der Waals surface area (Å²) in [7, 11) is 0. The molecule has 158 valence electrons. The summed E-state index contributed by atoms with van der Waals surface area (Å²) in [6, 6.07) is 23.8. The number of nitrogens with zero attached hydrogens (tertiary/aromatic N) is 4. The third-order valence-electron chi connectivity index (χ3n) is 4.78. The second-order valence-electron chi connectivity index (χ2n) is 7.00. The first kappa shape index (κ1) is 21.3. The van der Waals surface area contributed by atoms with Crippen LogP contribution in [0.15, 0.2) is 78.1 Å². The van der Waals surface area contributed by atoms with E-state index < -0.39 is 0 Å². The van der Waals surface area contributed by atoms with E-state index in [1.54, 1.807) is 6.20 Å². The minimum absolute atomic E-state index is 0.259. The summed E-state index contributed by atoms with van der Waals surface area (Å²) >= 11 is 1.39. The molecular formula is C25H21N5OS. The highest BCUT2D eigenvalue weighted by molar-refractivity contribution is 7.98. The average molecular weight is 440 g/mol. The average Bonchev–Trinajstić information content (AvgIpc) is 2.83. The smallest absolute Gasteiger partial charge is 0.238 e. The van der Waals surface area contributed by atoms with Crippen molar-refractivity contribution in [3.8, 4) is 23.2 Å². The van der Waals surface area contributed by atoms with Gasteiger partial charge < -0.3 is 10.1 Å². The summed E-state index contributed by atoms with van der Waals surface area (Å²) in [5, 5.41) is 13.6. The molecule has 0 aliphatic rings. The highest BCUT2D eigenvalue weighted by Crippen LogP contribution is 2.30. The van der Waals surface area contributed by atoms with E-state index in [4.69, 9.17) is 4.74 Å². The first-order chi connectivity index (χ1) is 15.7. The van der Waals surface area contributed by atoms with Crippen LogP contribution in [0.25, 0.3) is 11.3 Å². The van der Waals surface area contributed by atoms with Crippen LogP contribution in [0.4, 0.5) is 11.5 Å². The maximum Gasteiger partial charge on any atom is 0.238 e. The van der Waals surface area contributed by atoms with Gasteiger partial charge in [0.1, 0.15) is 12.7 Å². The van der Waals surface area contributed by atoms with Crippen LogP contribution in [0.1, 0.15) is 16.7 Å². The van der Waals surface area contributed by atoms with Gasteiger partial charge >= 0.3 is 0 Å². The summed E-state index contributed by atoms with van der Waals surface area (Å²) in [4.78, 5) is 13.4. The van der Waals surface area contributed by atoms with Gasteiger partial charge in [0.2, 0.25) is 5.88 Å². The van der Waals surface area contributed by atoms with E-state index in [-0.39, 0.29) is 11.4 Å². The Balaban J connectivity index is 1.66. The Hall–Kier alpha value is -3.89. The molecule has 0 fully saturated rings. The minimum atomic E-state index is 0.259. The Labute approximate surface area is 191 Å². The minimum Gasteiger partial charge on any atom is -0.472 e. The molecule has 32 heavy (non-hydrogen) atoms. The van der Waals surface area contributed by atoms with Gasteiger partial charge in [0.25, 0.3) is 0 Å². The largest absolute Gasteiger partial charge is 0.472 e. The van der Waals surface area contributed by atoms with E-state index in [9.17, 15) is 5.26 Å². The molecule has 0 unspecified atom stereocenters. The number of ether oxygens (including phenoxy) is 1. The van der Waals surface area contributed by atoms with E-state index in [0.717, 1.165) is 28.1 Å². The van der Waals surface area contributed by atoms with E-state index in [2.05, 4.69) is 26.3 Å². The van der Waals surface area contributed by atoms with Gasteiger partial charge in [0.15, 0.2) is 16.5 Å². The van der Waals surface area contributed by atoms with E-state index in [1.165, 1.54) is 11.8 Å². The van der Waals surface area contributed by atoms with Crippen LogP contribution in [-0.4, -0.2) is 21.2 Å². The fraction of sp³-hybridized carbons (Fsp3) is 0.120. The molecular weight excluding hydrogens is 418 g/mol. The molecule has 0 spiro atoms. The highest BCUT2D eigenvalue weighted by atomic mass is 32.2. The molecule has 0 saturated carbocycles. The molecule has 1 N–H and O–H groups in total. The predicted molar refractivity (Wildman–Crippen MR) is 127 cm³/mol. The number of hydrogen-bond donors (Lipinski definition) is 1. The Kier molecular flexibility index (Phi) is 6.63. The maximum atomic E-state index is 9.84. The quantitative estimate of drug-likeness (QED) is 0.289. The zero-order chi connectivity index (χ0) is 22.3. The summed E-state index contributed by atoms with van der Waals surface area (Å²) < 4.78 is 5.91. The lowest BCUT2D eigenvalue weighted by Gasteiger charge is -2.14. The van der Waals surface area contributed by atoms with Crippen molar-refractivity contribution in [3.63, 3.8) is 0 Å². The van der Waals surface area contributed by atoms with Crippen molar-refractivity contribution in [2.75, 3.05) is 11.6 Å². The maximum absolute atomic E-state index is 9.84. The normalized spacial score (nSPS) is 10.4. The Morgan fingerprint density at radius 2 is 1.88 bits per heavy atom. The molecule has 2 aromatic heterocycles. The van der Waals surface area contributed by atoms with Gasteiger partial charge in [-0.05, 0) is 42.5 Å². The number of aromatic nitrogens is 3. The molecule has 0 bridgehead atoms. The summed E-state index contributed by atoms with van der Waals surface area (Å²) in [5.74, 6) is 0.666. The molecule has 0 radical (unpaired) electrons. The first-order valence-corrected chi connectivity index (χ1v) is 11.2. The lowest BCUT2D eigenvalue weighted by atomic mass is 10.1. The van der Waals surface area contributed by atoms with Gasteiger partial charge in [-0.3, -0.25) is 4.98 Å². The van der Waals surface area contributed by atoms with Crippen molar-refractivity contribution >= 4 is 23.3 Å². The summed E-state index contributed by atoms with van der Waals surface area (Å²) in [5.41, 5.74) is 5.03. The number of nitrogens with one attached hydrogen (secondary N) is 1. The van der Waals surface area contributed by atoms with Crippen LogP contribution < -0.4 is 10.1 Å². The molecule has 2 heterocycles. The lowest BCUT2D eigenvalue weighted by Crippen LogP contribution is -2.06. The number of benzene rings is 2. The third-order valence-corrected chi connectivity index (χ3v) is 5.32. The van der Waals surface area contributed by atoms with Crippen LogP contribution in [0, 0.1) is 18.3 Å². The van der Waals surface area contributed by atoms with Crippen LogP contribution in [0.3, 0.4) is 0 Å². The SMILES string of the molecule is CSc1nc(Nc2cccc(-c3ncccc3C)c2)c(C#N)c(OCc2ccccc2)n1. The number of aryl methyl sites for hydroxylation is 1. The van der Waals surface area contributed by atoms with Gasteiger partial charge in [0.05, 0.1) is 5.69 Å². The molecule has 0 aliphatic heterocycles. The molecule has 2 aromatic carbocycles. The zero-order valence-corrected chi connectivity index (χ0v) is 18.6. The van der Waals surface area contributed by atoms with Crippen molar-refractivity contribution in [3.05, 3.63) is 89.6 Å². The first-order valence-electron chi connectivity index (χ1n) is 10.00. The monoisotopic (exact) mass is 439 g/mol. The van der Waals surface area contributed by atoms with Crippen LogP contribution >= 0.6 is 11.8 Å². The molecule has 6 nitrogen and oxygen atoms in total. The van der Waals surface area contributed by atoms with Crippen molar-refractivity contribution < 1.29 is 4.74 Å². The standard InChI is InChI=1S/C25H21N5OS/c1-17-8-7-13-27-22(17)19-11-6-12-20(14-19)28-23-21(15-26)24(30-25(29-23)32-2)31-16-18-9-4-3-5-10-18/h3-14H,16H2,1-2H3,(H,28,29,30). The fourth-order valence-electron chi connectivity index (χ4n) is 3.20. The van der Waals surface area contributed by atoms with Crippen LogP contribution in [-0.2, 0) is 6.61 Å². The van der Waals surface area contributed by atoms with Crippen molar-refractivity contribution in [2.24, 2.45) is 0 Å². The lowest BCUT2D eigenvalue weighted by molar-refractivity contribution is 0.290.